The van der Waals surface area contributed by atoms with Crippen LogP contribution in [0.2, 0.25) is 0 Å². The lowest BCUT2D eigenvalue weighted by atomic mass is 9.99. The van der Waals surface area contributed by atoms with Crippen molar-refractivity contribution in [1.29, 1.82) is 5.26 Å². The summed E-state index contributed by atoms with van der Waals surface area (Å²) < 4.78 is 18.7. The van der Waals surface area contributed by atoms with E-state index in [1.807, 2.05) is 6.07 Å². The lowest BCUT2D eigenvalue weighted by molar-refractivity contribution is -0.121. The third-order valence-corrected chi connectivity index (χ3v) is 4.58. The Kier molecular flexibility index (Phi) is 6.35. The van der Waals surface area contributed by atoms with Crippen molar-refractivity contribution < 1.29 is 13.9 Å². The summed E-state index contributed by atoms with van der Waals surface area (Å²) in [6.07, 6.45) is 0.570. The van der Waals surface area contributed by atoms with E-state index >= 15 is 0 Å². The lowest BCUT2D eigenvalue weighted by Gasteiger charge is -2.16. The molecule has 27 heavy (non-hydrogen) atoms. The molecule has 0 saturated heterocycles. The van der Waals surface area contributed by atoms with Crippen molar-refractivity contribution in [3.05, 3.63) is 62.3 Å². The Balaban J connectivity index is 2.06. The summed E-state index contributed by atoms with van der Waals surface area (Å²) in [5.41, 5.74) is 2.30. The van der Waals surface area contributed by atoms with Gasteiger partial charge in [-0.2, -0.15) is 5.26 Å². The van der Waals surface area contributed by atoms with Crippen molar-refractivity contribution in [3.63, 3.8) is 0 Å². The van der Waals surface area contributed by atoms with Gasteiger partial charge < -0.3 is 15.0 Å². The molecule has 0 saturated carbocycles. The van der Waals surface area contributed by atoms with E-state index in [0.29, 0.717) is 23.2 Å². The Morgan fingerprint density at radius 3 is 2.70 bits per heavy atom. The SMILES string of the molecule is COc1ccc(C(C)NC(=O)CCc2c(C)[nH]c(=O)c(C#N)c2C)cc1F. The standard InChI is InChI=1S/C20H22FN3O3/c1-11-15(13(3)24-20(26)16(11)10-22)6-8-19(25)23-12(2)14-5-7-18(27-4)17(21)9-14/h5,7,9,12H,6,8H2,1-4H3,(H,23,25)(H,24,26). The molecule has 0 spiro atoms. The average Bonchev–Trinajstić information content (AvgIpc) is 2.61. The van der Waals surface area contributed by atoms with Gasteiger partial charge in [0.1, 0.15) is 11.6 Å². The minimum absolute atomic E-state index is 0.0677. The molecule has 0 aliphatic heterocycles. The Labute approximate surface area is 157 Å². The number of rotatable bonds is 6. The maximum absolute atomic E-state index is 13.8. The number of hydrogen-bond donors (Lipinski definition) is 2. The number of nitriles is 1. The largest absolute Gasteiger partial charge is 0.494 e. The van der Waals surface area contributed by atoms with Gasteiger partial charge in [-0.1, -0.05) is 6.07 Å². The van der Waals surface area contributed by atoms with Crippen LogP contribution in [0.25, 0.3) is 0 Å². The van der Waals surface area contributed by atoms with E-state index in [1.54, 1.807) is 26.8 Å². The fourth-order valence-electron chi connectivity index (χ4n) is 3.01. The first kappa shape index (κ1) is 20.2. The molecule has 142 valence electrons. The highest BCUT2D eigenvalue weighted by molar-refractivity contribution is 5.76. The molecule has 2 rings (SSSR count). The minimum Gasteiger partial charge on any atom is -0.494 e. The number of amides is 1. The first-order valence-electron chi connectivity index (χ1n) is 8.53. The van der Waals surface area contributed by atoms with E-state index in [2.05, 4.69) is 10.3 Å². The Morgan fingerprint density at radius 1 is 1.41 bits per heavy atom. The molecule has 1 aromatic carbocycles. The number of benzene rings is 1. The molecular formula is C20H22FN3O3. The molecule has 1 amide bonds. The van der Waals surface area contributed by atoms with Crippen molar-refractivity contribution >= 4 is 5.91 Å². The quantitative estimate of drug-likeness (QED) is 0.816. The number of aromatic nitrogens is 1. The van der Waals surface area contributed by atoms with Gasteiger partial charge in [0.25, 0.3) is 5.56 Å². The third kappa shape index (κ3) is 4.53. The number of nitrogens with one attached hydrogen (secondary N) is 2. The molecule has 1 heterocycles. The average molecular weight is 371 g/mol. The van der Waals surface area contributed by atoms with Crippen LogP contribution in [0.1, 0.15) is 47.3 Å². The van der Waals surface area contributed by atoms with E-state index < -0.39 is 11.4 Å². The van der Waals surface area contributed by atoms with Crippen molar-refractivity contribution in [1.82, 2.24) is 10.3 Å². The highest BCUT2D eigenvalue weighted by atomic mass is 19.1. The molecule has 0 aliphatic rings. The normalized spacial score (nSPS) is 11.6. The van der Waals surface area contributed by atoms with Gasteiger partial charge in [0, 0.05) is 12.1 Å². The molecule has 0 bridgehead atoms. The third-order valence-electron chi connectivity index (χ3n) is 4.58. The molecule has 1 unspecified atom stereocenters. The molecule has 0 fully saturated rings. The van der Waals surface area contributed by atoms with Crippen molar-refractivity contribution in [2.24, 2.45) is 0 Å². The second-order valence-corrected chi connectivity index (χ2v) is 6.35. The van der Waals surface area contributed by atoms with E-state index in [-0.39, 0.29) is 29.7 Å². The summed E-state index contributed by atoms with van der Waals surface area (Å²) in [6.45, 7) is 5.21. The molecular weight excluding hydrogens is 349 g/mol. The number of hydrogen-bond acceptors (Lipinski definition) is 4. The highest BCUT2D eigenvalue weighted by Crippen LogP contribution is 2.22. The molecule has 0 radical (unpaired) electrons. The number of aryl methyl sites for hydroxylation is 1. The second-order valence-electron chi connectivity index (χ2n) is 6.35. The molecule has 7 heteroatoms. The zero-order valence-electron chi connectivity index (χ0n) is 15.8. The molecule has 1 atom stereocenters. The van der Waals surface area contributed by atoms with Crippen molar-refractivity contribution in [3.8, 4) is 11.8 Å². The predicted molar refractivity (Wildman–Crippen MR) is 99.1 cm³/mol. The zero-order chi connectivity index (χ0) is 20.1. The summed E-state index contributed by atoms with van der Waals surface area (Å²) in [4.78, 5) is 26.7. The van der Waals surface area contributed by atoms with Gasteiger partial charge in [0.15, 0.2) is 11.6 Å². The van der Waals surface area contributed by atoms with E-state index in [0.717, 1.165) is 5.56 Å². The monoisotopic (exact) mass is 371 g/mol. The topological polar surface area (TPSA) is 95.0 Å². The fourth-order valence-corrected chi connectivity index (χ4v) is 3.01. The fraction of sp³-hybridized carbons (Fsp3) is 0.350. The number of nitrogens with zero attached hydrogens (tertiary/aromatic N) is 1. The summed E-state index contributed by atoms with van der Waals surface area (Å²) in [6, 6.07) is 6.07. The van der Waals surface area contributed by atoms with E-state index in [1.165, 1.54) is 19.2 Å². The Morgan fingerprint density at radius 2 is 2.11 bits per heavy atom. The number of carbonyl (C=O) groups is 1. The smallest absolute Gasteiger partial charge is 0.266 e. The minimum atomic E-state index is -0.486. The van der Waals surface area contributed by atoms with Crippen LogP contribution in [-0.2, 0) is 11.2 Å². The van der Waals surface area contributed by atoms with Gasteiger partial charge >= 0.3 is 0 Å². The first-order chi connectivity index (χ1) is 12.8. The summed E-state index contributed by atoms with van der Waals surface area (Å²) in [7, 11) is 1.39. The van der Waals surface area contributed by atoms with Crippen LogP contribution in [-0.4, -0.2) is 18.0 Å². The van der Waals surface area contributed by atoms with Crippen LogP contribution in [0.5, 0.6) is 5.75 Å². The summed E-state index contributed by atoms with van der Waals surface area (Å²) in [5, 5.41) is 11.9. The Bertz CT molecular complexity index is 960. The second kappa shape index (κ2) is 8.49. The lowest BCUT2D eigenvalue weighted by Crippen LogP contribution is -2.27. The highest BCUT2D eigenvalue weighted by Gasteiger charge is 2.15. The van der Waals surface area contributed by atoms with Crippen LogP contribution >= 0.6 is 0 Å². The van der Waals surface area contributed by atoms with Crippen molar-refractivity contribution in [2.45, 2.75) is 39.7 Å². The number of H-pyrrole nitrogens is 1. The van der Waals surface area contributed by atoms with E-state index in [9.17, 15) is 14.0 Å². The van der Waals surface area contributed by atoms with Crippen LogP contribution in [0, 0.1) is 31.0 Å². The van der Waals surface area contributed by atoms with Crippen LogP contribution in [0.15, 0.2) is 23.0 Å². The number of aromatic amines is 1. The molecule has 6 nitrogen and oxygen atoms in total. The number of pyridine rings is 1. The molecule has 2 aromatic rings. The van der Waals surface area contributed by atoms with Gasteiger partial charge in [-0.3, -0.25) is 9.59 Å². The summed E-state index contributed by atoms with van der Waals surface area (Å²) in [5.74, 6) is -0.545. The van der Waals surface area contributed by atoms with Gasteiger partial charge in [-0.05, 0) is 56.0 Å². The molecule has 1 aromatic heterocycles. The van der Waals surface area contributed by atoms with Gasteiger partial charge in [-0.25, -0.2) is 4.39 Å². The zero-order valence-corrected chi connectivity index (χ0v) is 15.8. The number of methoxy groups -OCH3 is 1. The first-order valence-corrected chi connectivity index (χ1v) is 8.53. The van der Waals surface area contributed by atoms with Gasteiger partial charge in [0.05, 0.1) is 13.2 Å². The predicted octanol–water partition coefficient (Wildman–Crippen LogP) is 2.82. The number of ether oxygens (including phenoxy) is 1. The molecule has 0 aliphatic carbocycles. The number of halogens is 1. The van der Waals surface area contributed by atoms with E-state index in [4.69, 9.17) is 10.00 Å². The van der Waals surface area contributed by atoms with Gasteiger partial charge in [0.2, 0.25) is 5.91 Å². The van der Waals surface area contributed by atoms with Crippen LogP contribution in [0.3, 0.4) is 0 Å². The van der Waals surface area contributed by atoms with Crippen molar-refractivity contribution in [2.75, 3.05) is 7.11 Å². The van der Waals surface area contributed by atoms with Crippen LogP contribution < -0.4 is 15.6 Å². The van der Waals surface area contributed by atoms with Crippen LogP contribution in [0.4, 0.5) is 4.39 Å². The maximum atomic E-state index is 13.8. The summed E-state index contributed by atoms with van der Waals surface area (Å²) >= 11 is 0. The number of carbonyl (C=O) groups excluding carboxylic acids is 1. The van der Waals surface area contributed by atoms with Gasteiger partial charge in [-0.15, -0.1) is 0 Å². The Hall–Kier alpha value is -3.14. The maximum Gasteiger partial charge on any atom is 0.266 e. The molecule has 2 N–H and O–H groups in total.